The van der Waals surface area contributed by atoms with Gasteiger partial charge in [-0.15, -0.1) is 6.58 Å². The Morgan fingerprint density at radius 2 is 2.00 bits per heavy atom. The lowest BCUT2D eigenvalue weighted by molar-refractivity contribution is 0.163. The van der Waals surface area contributed by atoms with Crippen LogP contribution >= 0.6 is 0 Å². The summed E-state index contributed by atoms with van der Waals surface area (Å²) in [5.74, 6) is 0. The van der Waals surface area contributed by atoms with Gasteiger partial charge in [-0.1, -0.05) is 18.9 Å². The van der Waals surface area contributed by atoms with Gasteiger partial charge in [-0.05, 0) is 37.0 Å². The standard InChI is InChI=1S/C13H19NO/c1-2-3-4-5-6-7-13(15)12-8-10-14-11-9-12/h2,8-11,13,15H,1,3-7H2. The first kappa shape index (κ1) is 11.9. The Hall–Kier alpha value is -1.15. The Kier molecular flexibility index (Phi) is 5.71. The van der Waals surface area contributed by atoms with Gasteiger partial charge in [0.15, 0.2) is 0 Å². The van der Waals surface area contributed by atoms with Crippen molar-refractivity contribution >= 4 is 0 Å². The van der Waals surface area contributed by atoms with Crippen molar-refractivity contribution < 1.29 is 5.11 Å². The van der Waals surface area contributed by atoms with Crippen LogP contribution in [-0.4, -0.2) is 10.1 Å². The largest absolute Gasteiger partial charge is 0.388 e. The molecule has 1 aromatic rings. The van der Waals surface area contributed by atoms with Crippen LogP contribution in [0.15, 0.2) is 37.2 Å². The number of pyridine rings is 1. The molecular formula is C13H19NO. The van der Waals surface area contributed by atoms with Crippen molar-refractivity contribution in [1.82, 2.24) is 4.98 Å². The zero-order valence-corrected chi connectivity index (χ0v) is 9.10. The van der Waals surface area contributed by atoms with Crippen molar-refractivity contribution in [1.29, 1.82) is 0 Å². The minimum Gasteiger partial charge on any atom is -0.388 e. The number of rotatable bonds is 7. The van der Waals surface area contributed by atoms with E-state index < -0.39 is 0 Å². The molecule has 0 spiro atoms. The maximum absolute atomic E-state index is 9.83. The summed E-state index contributed by atoms with van der Waals surface area (Å²) in [6.07, 6.45) is 10.4. The summed E-state index contributed by atoms with van der Waals surface area (Å²) < 4.78 is 0. The lowest BCUT2D eigenvalue weighted by Crippen LogP contribution is -1.97. The molecule has 0 aliphatic heterocycles. The van der Waals surface area contributed by atoms with Crippen molar-refractivity contribution in [2.45, 2.75) is 38.2 Å². The third-order valence-corrected chi connectivity index (χ3v) is 2.48. The van der Waals surface area contributed by atoms with Gasteiger partial charge in [0, 0.05) is 12.4 Å². The first-order valence-electron chi connectivity index (χ1n) is 5.53. The van der Waals surface area contributed by atoms with Crippen LogP contribution in [0.5, 0.6) is 0 Å². The van der Waals surface area contributed by atoms with Crippen molar-refractivity contribution in [3.8, 4) is 0 Å². The van der Waals surface area contributed by atoms with E-state index in [0.717, 1.165) is 31.2 Å². The summed E-state index contributed by atoms with van der Waals surface area (Å²) in [5, 5.41) is 9.83. The van der Waals surface area contributed by atoms with Gasteiger partial charge in [0.25, 0.3) is 0 Å². The van der Waals surface area contributed by atoms with Gasteiger partial charge in [-0.25, -0.2) is 0 Å². The van der Waals surface area contributed by atoms with Gasteiger partial charge < -0.3 is 5.11 Å². The molecule has 1 aromatic heterocycles. The number of aliphatic hydroxyl groups excluding tert-OH is 1. The molecule has 0 aliphatic carbocycles. The molecule has 1 heterocycles. The fourth-order valence-corrected chi connectivity index (χ4v) is 1.56. The molecule has 1 unspecified atom stereocenters. The molecule has 2 heteroatoms. The maximum Gasteiger partial charge on any atom is 0.0791 e. The summed E-state index contributed by atoms with van der Waals surface area (Å²) in [6, 6.07) is 3.74. The molecule has 0 saturated carbocycles. The predicted octanol–water partition coefficient (Wildman–Crippen LogP) is 3.25. The third kappa shape index (κ3) is 4.75. The molecule has 0 aliphatic rings. The van der Waals surface area contributed by atoms with Gasteiger partial charge in [-0.2, -0.15) is 0 Å². The molecule has 0 fully saturated rings. The van der Waals surface area contributed by atoms with Gasteiger partial charge in [-0.3, -0.25) is 4.98 Å². The molecule has 1 rings (SSSR count). The smallest absolute Gasteiger partial charge is 0.0791 e. The second kappa shape index (κ2) is 7.18. The Morgan fingerprint density at radius 3 is 2.67 bits per heavy atom. The maximum atomic E-state index is 9.83. The Morgan fingerprint density at radius 1 is 1.27 bits per heavy atom. The van der Waals surface area contributed by atoms with E-state index in [0.29, 0.717) is 0 Å². The van der Waals surface area contributed by atoms with Crippen LogP contribution in [0, 0.1) is 0 Å². The molecule has 2 nitrogen and oxygen atoms in total. The van der Waals surface area contributed by atoms with E-state index >= 15 is 0 Å². The van der Waals surface area contributed by atoms with Gasteiger partial charge >= 0.3 is 0 Å². The topological polar surface area (TPSA) is 33.1 Å². The lowest BCUT2D eigenvalue weighted by Gasteiger charge is -2.09. The summed E-state index contributed by atoms with van der Waals surface area (Å²) >= 11 is 0. The Bertz CT molecular complexity index is 271. The third-order valence-electron chi connectivity index (χ3n) is 2.48. The quantitative estimate of drug-likeness (QED) is 0.547. The zero-order valence-electron chi connectivity index (χ0n) is 9.10. The molecule has 82 valence electrons. The van der Waals surface area contributed by atoms with Gasteiger partial charge in [0.1, 0.15) is 0 Å². The molecule has 0 bridgehead atoms. The highest BCUT2D eigenvalue weighted by Crippen LogP contribution is 2.18. The molecule has 15 heavy (non-hydrogen) atoms. The van der Waals surface area contributed by atoms with E-state index in [1.54, 1.807) is 12.4 Å². The van der Waals surface area contributed by atoms with Crippen LogP contribution < -0.4 is 0 Å². The number of allylic oxidation sites excluding steroid dienone is 1. The number of aromatic nitrogens is 1. The summed E-state index contributed by atoms with van der Waals surface area (Å²) in [7, 11) is 0. The van der Waals surface area contributed by atoms with Crippen LogP contribution in [0.25, 0.3) is 0 Å². The van der Waals surface area contributed by atoms with Gasteiger partial charge in [0.05, 0.1) is 6.10 Å². The molecule has 1 N–H and O–H groups in total. The van der Waals surface area contributed by atoms with E-state index in [-0.39, 0.29) is 6.10 Å². The van der Waals surface area contributed by atoms with E-state index in [4.69, 9.17) is 0 Å². The molecule has 0 saturated heterocycles. The van der Waals surface area contributed by atoms with Crippen LogP contribution in [0.3, 0.4) is 0 Å². The normalized spacial score (nSPS) is 12.3. The van der Waals surface area contributed by atoms with Crippen LogP contribution in [-0.2, 0) is 0 Å². The fraction of sp³-hybridized carbons (Fsp3) is 0.462. The highest BCUT2D eigenvalue weighted by Gasteiger charge is 2.05. The summed E-state index contributed by atoms with van der Waals surface area (Å²) in [5.41, 5.74) is 0.966. The molecule has 0 aromatic carbocycles. The Balaban J connectivity index is 2.19. The lowest BCUT2D eigenvalue weighted by atomic mass is 10.0. The number of nitrogens with zero attached hydrogens (tertiary/aromatic N) is 1. The molecule has 0 radical (unpaired) electrons. The number of unbranched alkanes of at least 4 members (excludes halogenated alkanes) is 3. The van der Waals surface area contributed by atoms with Crippen LogP contribution in [0.2, 0.25) is 0 Å². The van der Waals surface area contributed by atoms with E-state index in [1.165, 1.54) is 6.42 Å². The highest BCUT2D eigenvalue weighted by molar-refractivity contribution is 5.12. The minimum atomic E-state index is -0.336. The van der Waals surface area contributed by atoms with E-state index in [2.05, 4.69) is 11.6 Å². The van der Waals surface area contributed by atoms with Crippen LogP contribution in [0.4, 0.5) is 0 Å². The monoisotopic (exact) mass is 205 g/mol. The molecule has 0 amide bonds. The highest BCUT2D eigenvalue weighted by atomic mass is 16.3. The molecular weight excluding hydrogens is 186 g/mol. The van der Waals surface area contributed by atoms with Crippen molar-refractivity contribution in [2.24, 2.45) is 0 Å². The molecule has 1 atom stereocenters. The van der Waals surface area contributed by atoms with E-state index in [1.807, 2.05) is 18.2 Å². The number of aliphatic hydroxyl groups is 1. The minimum absolute atomic E-state index is 0.336. The predicted molar refractivity (Wildman–Crippen MR) is 62.5 cm³/mol. The van der Waals surface area contributed by atoms with Gasteiger partial charge in [0.2, 0.25) is 0 Å². The zero-order chi connectivity index (χ0) is 10.9. The average molecular weight is 205 g/mol. The van der Waals surface area contributed by atoms with Crippen molar-refractivity contribution in [3.63, 3.8) is 0 Å². The first-order chi connectivity index (χ1) is 7.34. The van der Waals surface area contributed by atoms with Crippen LogP contribution in [0.1, 0.15) is 43.8 Å². The number of hydrogen-bond acceptors (Lipinski definition) is 2. The second-order valence-corrected chi connectivity index (χ2v) is 3.72. The Labute approximate surface area is 91.7 Å². The van der Waals surface area contributed by atoms with Crippen molar-refractivity contribution in [3.05, 3.63) is 42.7 Å². The summed E-state index contributed by atoms with van der Waals surface area (Å²) in [4.78, 5) is 3.93. The van der Waals surface area contributed by atoms with Crippen molar-refractivity contribution in [2.75, 3.05) is 0 Å². The summed E-state index contributed by atoms with van der Waals surface area (Å²) in [6.45, 7) is 3.68. The second-order valence-electron chi connectivity index (χ2n) is 3.72. The number of hydrogen-bond donors (Lipinski definition) is 1. The SMILES string of the molecule is C=CCCCCCC(O)c1ccncc1. The first-order valence-corrected chi connectivity index (χ1v) is 5.53. The fourth-order valence-electron chi connectivity index (χ4n) is 1.56. The average Bonchev–Trinajstić information content (AvgIpc) is 2.30. The van der Waals surface area contributed by atoms with E-state index in [9.17, 15) is 5.11 Å².